The molecule has 0 bridgehead atoms. The Morgan fingerprint density at radius 1 is 1.03 bits per heavy atom. The van der Waals surface area contributed by atoms with Crippen LogP contribution in [0.5, 0.6) is 5.75 Å². The summed E-state index contributed by atoms with van der Waals surface area (Å²) in [5.74, 6) is -0.481. The maximum Gasteiger partial charge on any atom is 0.264 e. The molecule has 34 heavy (non-hydrogen) atoms. The van der Waals surface area contributed by atoms with Crippen LogP contribution in [0, 0.1) is 5.82 Å². The van der Waals surface area contributed by atoms with Gasteiger partial charge in [0.2, 0.25) is 0 Å². The number of carbonyl (C=O) groups is 1. The molecule has 7 nitrogen and oxygen atoms in total. The fourth-order valence-corrected chi connectivity index (χ4v) is 4.54. The third-order valence-corrected chi connectivity index (χ3v) is 6.77. The molecule has 0 aliphatic rings. The van der Waals surface area contributed by atoms with Crippen molar-refractivity contribution in [2.24, 2.45) is 5.10 Å². The lowest BCUT2D eigenvalue weighted by molar-refractivity contribution is -0.119. The number of nitrogens with zero attached hydrogens (tertiary/aromatic N) is 2. The van der Waals surface area contributed by atoms with Crippen molar-refractivity contribution in [3.05, 3.63) is 89.2 Å². The van der Waals surface area contributed by atoms with Crippen molar-refractivity contribution < 1.29 is 22.3 Å². The average molecular weight is 504 g/mol. The summed E-state index contributed by atoms with van der Waals surface area (Å²) in [7, 11) is -4.10. The van der Waals surface area contributed by atoms with Gasteiger partial charge in [-0.15, -0.1) is 0 Å². The lowest BCUT2D eigenvalue weighted by Crippen LogP contribution is -2.39. The maximum absolute atomic E-state index is 13.4. The monoisotopic (exact) mass is 503 g/mol. The van der Waals surface area contributed by atoms with Crippen LogP contribution in [0.4, 0.5) is 10.1 Å². The molecule has 3 aromatic rings. The molecular formula is C24H23ClFN3O4S. The third kappa shape index (κ3) is 6.33. The summed E-state index contributed by atoms with van der Waals surface area (Å²) in [6.45, 7) is 3.41. The Kier molecular flexibility index (Phi) is 8.25. The van der Waals surface area contributed by atoms with Crippen LogP contribution in [0.15, 0.2) is 82.8 Å². The van der Waals surface area contributed by atoms with E-state index in [1.54, 1.807) is 31.2 Å². The van der Waals surface area contributed by atoms with Crippen molar-refractivity contribution in [2.75, 3.05) is 17.5 Å². The van der Waals surface area contributed by atoms with E-state index in [9.17, 15) is 17.6 Å². The van der Waals surface area contributed by atoms with Gasteiger partial charge in [-0.2, -0.15) is 5.10 Å². The minimum absolute atomic E-state index is 0.0235. The number of anilines is 1. The van der Waals surface area contributed by atoms with E-state index in [1.165, 1.54) is 48.5 Å². The number of hydrogen-bond acceptors (Lipinski definition) is 5. The van der Waals surface area contributed by atoms with E-state index in [-0.39, 0.29) is 16.4 Å². The van der Waals surface area contributed by atoms with E-state index < -0.39 is 22.5 Å². The zero-order chi connectivity index (χ0) is 24.7. The van der Waals surface area contributed by atoms with Gasteiger partial charge in [0.15, 0.2) is 0 Å². The van der Waals surface area contributed by atoms with Gasteiger partial charge in [0.25, 0.3) is 15.9 Å². The van der Waals surface area contributed by atoms with E-state index in [0.29, 0.717) is 28.7 Å². The normalized spacial score (nSPS) is 11.7. The summed E-state index contributed by atoms with van der Waals surface area (Å²) in [6.07, 6.45) is 0. The van der Waals surface area contributed by atoms with Crippen LogP contribution in [0.2, 0.25) is 5.02 Å². The highest BCUT2D eigenvalue weighted by Crippen LogP contribution is 2.26. The summed E-state index contributed by atoms with van der Waals surface area (Å²) < 4.78 is 46.3. The van der Waals surface area contributed by atoms with Crippen molar-refractivity contribution in [3.8, 4) is 5.75 Å². The number of hydrazone groups is 1. The molecule has 178 valence electrons. The van der Waals surface area contributed by atoms with E-state index in [0.717, 1.165) is 4.31 Å². The number of halogens is 2. The molecule has 0 spiro atoms. The summed E-state index contributed by atoms with van der Waals surface area (Å²) in [5.41, 5.74) is 3.68. The predicted octanol–water partition coefficient (Wildman–Crippen LogP) is 4.61. The average Bonchev–Trinajstić information content (AvgIpc) is 2.82. The predicted molar refractivity (Wildman–Crippen MR) is 130 cm³/mol. The van der Waals surface area contributed by atoms with Gasteiger partial charge >= 0.3 is 0 Å². The minimum Gasteiger partial charge on any atom is -0.494 e. The Balaban J connectivity index is 1.87. The standard InChI is InChI=1S/C24H23ClFN3O4S/c1-3-33-22-12-10-21(11-13-22)29(34(31,32)23-14-6-19(25)7-15-23)16-24(30)28-27-17(2)18-4-8-20(26)9-5-18/h4-15H,3,16H2,1-2H3,(H,28,30)/b27-17-. The molecule has 0 atom stereocenters. The molecule has 3 rings (SSSR count). The fourth-order valence-electron chi connectivity index (χ4n) is 2.99. The number of rotatable bonds is 9. The lowest BCUT2D eigenvalue weighted by atomic mass is 10.1. The summed E-state index contributed by atoms with van der Waals surface area (Å²) in [4.78, 5) is 12.7. The van der Waals surface area contributed by atoms with Gasteiger partial charge in [0.05, 0.1) is 22.9 Å². The lowest BCUT2D eigenvalue weighted by Gasteiger charge is -2.24. The van der Waals surface area contributed by atoms with Crippen LogP contribution >= 0.6 is 11.6 Å². The Bertz CT molecular complexity index is 1260. The first-order valence-electron chi connectivity index (χ1n) is 10.3. The van der Waals surface area contributed by atoms with E-state index in [2.05, 4.69) is 10.5 Å². The first kappa shape index (κ1) is 25.2. The van der Waals surface area contributed by atoms with Gasteiger partial charge in [-0.3, -0.25) is 9.10 Å². The quantitative estimate of drug-likeness (QED) is 0.341. The largest absolute Gasteiger partial charge is 0.494 e. The van der Waals surface area contributed by atoms with Crippen LogP contribution in [-0.4, -0.2) is 33.2 Å². The molecule has 0 unspecified atom stereocenters. The van der Waals surface area contributed by atoms with Crippen molar-refractivity contribution in [1.82, 2.24) is 5.43 Å². The number of sulfonamides is 1. The molecule has 0 aromatic heterocycles. The molecule has 3 aromatic carbocycles. The Morgan fingerprint density at radius 2 is 1.65 bits per heavy atom. The molecule has 0 aliphatic heterocycles. The first-order valence-corrected chi connectivity index (χ1v) is 12.1. The summed E-state index contributed by atoms with van der Waals surface area (Å²) >= 11 is 5.90. The Morgan fingerprint density at radius 3 is 2.24 bits per heavy atom. The van der Waals surface area contributed by atoms with Gasteiger partial charge < -0.3 is 4.74 Å². The number of hydrogen-bond donors (Lipinski definition) is 1. The van der Waals surface area contributed by atoms with Crippen LogP contribution in [0.25, 0.3) is 0 Å². The van der Waals surface area contributed by atoms with Crippen LogP contribution in [0.3, 0.4) is 0 Å². The van der Waals surface area contributed by atoms with E-state index >= 15 is 0 Å². The number of ether oxygens (including phenoxy) is 1. The van der Waals surface area contributed by atoms with Gasteiger partial charge in [0, 0.05) is 5.02 Å². The van der Waals surface area contributed by atoms with Crippen molar-refractivity contribution in [3.63, 3.8) is 0 Å². The smallest absolute Gasteiger partial charge is 0.264 e. The Hall–Kier alpha value is -3.43. The van der Waals surface area contributed by atoms with Gasteiger partial charge in [-0.05, 0) is 80.1 Å². The molecule has 0 saturated heterocycles. The number of benzene rings is 3. The van der Waals surface area contributed by atoms with Gasteiger partial charge in [-0.1, -0.05) is 23.7 Å². The number of nitrogens with one attached hydrogen (secondary N) is 1. The second-order valence-electron chi connectivity index (χ2n) is 7.13. The highest BCUT2D eigenvalue weighted by atomic mass is 35.5. The van der Waals surface area contributed by atoms with Crippen LogP contribution in [-0.2, 0) is 14.8 Å². The molecular weight excluding hydrogens is 481 g/mol. The summed E-state index contributed by atoms with van der Waals surface area (Å²) in [6, 6.07) is 17.6. The van der Waals surface area contributed by atoms with Crippen molar-refractivity contribution in [2.45, 2.75) is 18.7 Å². The highest BCUT2D eigenvalue weighted by Gasteiger charge is 2.27. The molecule has 0 heterocycles. The van der Waals surface area contributed by atoms with Gasteiger partial charge in [-0.25, -0.2) is 18.2 Å². The van der Waals surface area contributed by atoms with Crippen molar-refractivity contribution in [1.29, 1.82) is 0 Å². The topological polar surface area (TPSA) is 88.1 Å². The fraction of sp³-hybridized carbons (Fsp3) is 0.167. The second-order valence-corrected chi connectivity index (χ2v) is 9.43. The molecule has 1 amide bonds. The Labute approximate surface area is 202 Å². The zero-order valence-electron chi connectivity index (χ0n) is 18.5. The second kappa shape index (κ2) is 11.1. The molecule has 0 saturated carbocycles. The number of carbonyl (C=O) groups excluding carboxylic acids is 1. The maximum atomic E-state index is 13.4. The van der Waals surface area contributed by atoms with Crippen LogP contribution in [0.1, 0.15) is 19.4 Å². The molecule has 1 N–H and O–H groups in total. The number of amides is 1. The van der Waals surface area contributed by atoms with Gasteiger partial charge in [0.1, 0.15) is 18.1 Å². The van der Waals surface area contributed by atoms with Crippen molar-refractivity contribution >= 4 is 38.9 Å². The molecule has 10 heteroatoms. The van der Waals surface area contributed by atoms with E-state index in [1.807, 2.05) is 6.92 Å². The minimum atomic E-state index is -4.10. The zero-order valence-corrected chi connectivity index (χ0v) is 20.1. The highest BCUT2D eigenvalue weighted by molar-refractivity contribution is 7.92. The van der Waals surface area contributed by atoms with Crippen LogP contribution < -0.4 is 14.5 Å². The summed E-state index contributed by atoms with van der Waals surface area (Å²) in [5, 5.41) is 4.40. The van der Waals surface area contributed by atoms with E-state index in [4.69, 9.17) is 16.3 Å². The molecule has 0 fully saturated rings. The molecule has 0 aliphatic carbocycles. The first-order chi connectivity index (χ1) is 16.2. The third-order valence-electron chi connectivity index (χ3n) is 4.73. The SMILES string of the molecule is CCOc1ccc(N(CC(=O)N/N=C(/C)c2ccc(F)cc2)S(=O)(=O)c2ccc(Cl)cc2)cc1. The molecule has 0 radical (unpaired) electrons.